The van der Waals surface area contributed by atoms with Gasteiger partial charge in [0.05, 0.1) is 13.2 Å². The van der Waals surface area contributed by atoms with E-state index >= 15 is 0 Å². The molecule has 4 heteroatoms. The summed E-state index contributed by atoms with van der Waals surface area (Å²) in [5.74, 6) is 0.0181. The summed E-state index contributed by atoms with van der Waals surface area (Å²) in [5, 5.41) is 3.12. The number of ether oxygens (including phenoxy) is 1. The molecule has 1 saturated heterocycles. The number of carbonyl (C=O) groups excluding carboxylic acids is 1. The molecule has 1 aliphatic heterocycles. The van der Waals surface area contributed by atoms with Crippen LogP contribution in [-0.4, -0.2) is 37.1 Å². The summed E-state index contributed by atoms with van der Waals surface area (Å²) in [7, 11) is 0. The Morgan fingerprint density at radius 2 is 1.70 bits per heavy atom. The number of carbonyl (C=O) groups is 1. The van der Waals surface area contributed by atoms with Gasteiger partial charge in [0.25, 0.3) is 5.91 Å². The Kier molecular flexibility index (Phi) is 5.85. The van der Waals surface area contributed by atoms with Crippen LogP contribution in [0.5, 0.6) is 0 Å². The first-order valence-corrected chi connectivity index (χ1v) is 10.1. The largest absolute Gasteiger partial charge is 0.379 e. The van der Waals surface area contributed by atoms with E-state index in [2.05, 4.69) is 40.5 Å². The maximum atomic E-state index is 12.7. The molecule has 4 rings (SSSR count). The molecule has 0 atom stereocenters. The zero-order chi connectivity index (χ0) is 18.5. The molecule has 2 aromatic carbocycles. The minimum atomic E-state index is 0.0181. The quantitative estimate of drug-likeness (QED) is 0.885. The molecule has 0 bridgehead atoms. The van der Waals surface area contributed by atoms with E-state index in [1.165, 1.54) is 35.1 Å². The van der Waals surface area contributed by atoms with Gasteiger partial charge in [-0.2, -0.15) is 0 Å². The van der Waals surface area contributed by atoms with Crippen molar-refractivity contribution in [1.82, 2.24) is 10.2 Å². The van der Waals surface area contributed by atoms with Gasteiger partial charge in [-0.1, -0.05) is 30.3 Å². The first-order chi connectivity index (χ1) is 13.3. The van der Waals surface area contributed by atoms with Crippen molar-refractivity contribution >= 4 is 5.91 Å². The molecule has 0 saturated carbocycles. The number of amides is 1. The Morgan fingerprint density at radius 1 is 0.963 bits per heavy atom. The zero-order valence-electron chi connectivity index (χ0n) is 15.9. The average Bonchev–Trinajstić information content (AvgIpc) is 2.73. The number of benzene rings is 2. The van der Waals surface area contributed by atoms with Crippen LogP contribution < -0.4 is 5.32 Å². The highest BCUT2D eigenvalue weighted by Crippen LogP contribution is 2.22. The molecule has 1 aliphatic carbocycles. The first kappa shape index (κ1) is 18.2. The number of nitrogens with zero attached hydrogens (tertiary/aromatic N) is 1. The van der Waals surface area contributed by atoms with Gasteiger partial charge in [0.1, 0.15) is 0 Å². The minimum Gasteiger partial charge on any atom is -0.379 e. The molecule has 0 radical (unpaired) electrons. The number of aryl methyl sites for hydroxylation is 2. The van der Waals surface area contributed by atoms with E-state index in [1.54, 1.807) is 0 Å². The molecule has 1 N–H and O–H groups in total. The minimum absolute atomic E-state index is 0.0181. The van der Waals surface area contributed by atoms with Crippen molar-refractivity contribution in [2.24, 2.45) is 0 Å². The standard InChI is InChI=1S/C23H28N2O2/c26-23(20-10-9-18-5-1-2-6-19(18)15-20)24-16-21-7-3-4-8-22(21)17-25-11-13-27-14-12-25/h3-4,7-10,15H,1-2,5-6,11-14,16-17H2,(H,24,26). The lowest BCUT2D eigenvalue weighted by Gasteiger charge is -2.27. The van der Waals surface area contributed by atoms with Crippen molar-refractivity contribution in [1.29, 1.82) is 0 Å². The Labute approximate surface area is 161 Å². The lowest BCUT2D eigenvalue weighted by molar-refractivity contribution is 0.0340. The molecule has 27 heavy (non-hydrogen) atoms. The van der Waals surface area contributed by atoms with Crippen LogP contribution in [0.25, 0.3) is 0 Å². The van der Waals surface area contributed by atoms with Crippen molar-refractivity contribution in [2.75, 3.05) is 26.3 Å². The van der Waals surface area contributed by atoms with Crippen LogP contribution >= 0.6 is 0 Å². The smallest absolute Gasteiger partial charge is 0.251 e. The van der Waals surface area contributed by atoms with E-state index in [0.717, 1.165) is 51.3 Å². The van der Waals surface area contributed by atoms with Crippen LogP contribution in [-0.2, 0) is 30.7 Å². The Bertz CT molecular complexity index is 797. The highest BCUT2D eigenvalue weighted by molar-refractivity contribution is 5.94. The molecule has 0 unspecified atom stereocenters. The molecule has 1 amide bonds. The van der Waals surface area contributed by atoms with E-state index in [1.807, 2.05) is 12.1 Å². The third-order valence-corrected chi connectivity index (χ3v) is 5.67. The Morgan fingerprint density at radius 3 is 2.52 bits per heavy atom. The molecular weight excluding hydrogens is 336 g/mol. The first-order valence-electron chi connectivity index (χ1n) is 10.1. The van der Waals surface area contributed by atoms with Gasteiger partial charge in [-0.3, -0.25) is 9.69 Å². The molecule has 0 spiro atoms. The van der Waals surface area contributed by atoms with Crippen LogP contribution in [0.2, 0.25) is 0 Å². The summed E-state index contributed by atoms with van der Waals surface area (Å²) in [6.45, 7) is 5.02. The van der Waals surface area contributed by atoms with Gasteiger partial charge < -0.3 is 10.1 Å². The Hall–Kier alpha value is -2.17. The molecule has 1 fully saturated rings. The van der Waals surface area contributed by atoms with Crippen molar-refractivity contribution in [3.63, 3.8) is 0 Å². The Balaban J connectivity index is 1.40. The van der Waals surface area contributed by atoms with Crippen LogP contribution in [0.3, 0.4) is 0 Å². The number of hydrogen-bond acceptors (Lipinski definition) is 3. The van der Waals surface area contributed by atoms with E-state index in [0.29, 0.717) is 6.54 Å². The van der Waals surface area contributed by atoms with Crippen molar-refractivity contribution in [3.8, 4) is 0 Å². The fourth-order valence-electron chi connectivity index (χ4n) is 4.04. The summed E-state index contributed by atoms with van der Waals surface area (Å²) >= 11 is 0. The highest BCUT2D eigenvalue weighted by atomic mass is 16.5. The number of hydrogen-bond donors (Lipinski definition) is 1. The lowest BCUT2D eigenvalue weighted by atomic mass is 9.90. The maximum Gasteiger partial charge on any atom is 0.251 e. The zero-order valence-corrected chi connectivity index (χ0v) is 15.9. The summed E-state index contributed by atoms with van der Waals surface area (Å²) in [5.41, 5.74) is 6.01. The topological polar surface area (TPSA) is 41.6 Å². The van der Waals surface area contributed by atoms with Crippen molar-refractivity contribution in [2.45, 2.75) is 38.8 Å². The van der Waals surface area contributed by atoms with Gasteiger partial charge >= 0.3 is 0 Å². The molecule has 4 nitrogen and oxygen atoms in total. The summed E-state index contributed by atoms with van der Waals surface area (Å²) in [4.78, 5) is 15.1. The van der Waals surface area contributed by atoms with E-state index in [4.69, 9.17) is 4.74 Å². The second kappa shape index (κ2) is 8.68. The third-order valence-electron chi connectivity index (χ3n) is 5.67. The predicted molar refractivity (Wildman–Crippen MR) is 107 cm³/mol. The molecule has 1 heterocycles. The fraction of sp³-hybridized carbons (Fsp3) is 0.435. The van der Waals surface area contributed by atoms with Crippen molar-refractivity contribution in [3.05, 3.63) is 70.3 Å². The fourth-order valence-corrected chi connectivity index (χ4v) is 4.04. The van der Waals surface area contributed by atoms with Crippen LogP contribution in [0.4, 0.5) is 0 Å². The third kappa shape index (κ3) is 4.57. The van der Waals surface area contributed by atoms with Crippen molar-refractivity contribution < 1.29 is 9.53 Å². The van der Waals surface area contributed by atoms with Gasteiger partial charge in [-0.15, -0.1) is 0 Å². The van der Waals surface area contributed by atoms with Gasteiger partial charge in [0.15, 0.2) is 0 Å². The number of fused-ring (bicyclic) bond motifs is 1. The molecule has 0 aromatic heterocycles. The summed E-state index contributed by atoms with van der Waals surface area (Å²) in [6, 6.07) is 14.6. The van der Waals surface area contributed by atoms with E-state index in [-0.39, 0.29) is 5.91 Å². The van der Waals surface area contributed by atoms with Crippen LogP contribution in [0.15, 0.2) is 42.5 Å². The summed E-state index contributed by atoms with van der Waals surface area (Å²) in [6.07, 6.45) is 4.73. The van der Waals surface area contributed by atoms with Gasteiger partial charge in [-0.25, -0.2) is 0 Å². The molecule has 142 valence electrons. The van der Waals surface area contributed by atoms with Gasteiger partial charge in [0.2, 0.25) is 0 Å². The highest BCUT2D eigenvalue weighted by Gasteiger charge is 2.15. The van der Waals surface area contributed by atoms with Gasteiger partial charge in [0, 0.05) is 31.7 Å². The second-order valence-electron chi connectivity index (χ2n) is 7.53. The number of nitrogens with one attached hydrogen (secondary N) is 1. The van der Waals surface area contributed by atoms with Crippen LogP contribution in [0.1, 0.15) is 45.5 Å². The lowest BCUT2D eigenvalue weighted by Crippen LogP contribution is -2.36. The molecule has 2 aliphatic rings. The maximum absolute atomic E-state index is 12.7. The normalized spacial score (nSPS) is 17.3. The monoisotopic (exact) mass is 364 g/mol. The molecular formula is C23H28N2O2. The number of rotatable bonds is 5. The predicted octanol–water partition coefficient (Wildman–Crippen LogP) is 3.33. The SMILES string of the molecule is O=C(NCc1ccccc1CN1CCOCC1)c1ccc2c(c1)CCCC2. The van der Waals surface area contributed by atoms with E-state index in [9.17, 15) is 4.79 Å². The van der Waals surface area contributed by atoms with Gasteiger partial charge in [-0.05, 0) is 60.1 Å². The second-order valence-corrected chi connectivity index (χ2v) is 7.53. The summed E-state index contributed by atoms with van der Waals surface area (Å²) < 4.78 is 5.44. The number of morpholine rings is 1. The molecule has 2 aromatic rings. The van der Waals surface area contributed by atoms with E-state index < -0.39 is 0 Å². The van der Waals surface area contributed by atoms with Crippen LogP contribution in [0, 0.1) is 0 Å². The average molecular weight is 364 g/mol.